The van der Waals surface area contributed by atoms with Crippen LogP contribution in [-0.2, 0) is 0 Å². The van der Waals surface area contributed by atoms with E-state index in [4.69, 9.17) is 0 Å². The quantitative estimate of drug-likeness (QED) is 0.528. The summed E-state index contributed by atoms with van der Waals surface area (Å²) in [5.74, 6) is -6.22. The van der Waals surface area contributed by atoms with Gasteiger partial charge in [-0.05, 0) is 18.3 Å². The zero-order valence-corrected chi connectivity index (χ0v) is 10.4. The summed E-state index contributed by atoms with van der Waals surface area (Å²) >= 11 is 0. The van der Waals surface area contributed by atoms with Crippen LogP contribution in [0.25, 0.3) is 0 Å². The molecule has 0 aliphatic carbocycles. The van der Waals surface area contributed by atoms with Crippen LogP contribution in [-0.4, -0.2) is 0 Å². The highest BCUT2D eigenvalue weighted by Gasteiger charge is 2.28. The van der Waals surface area contributed by atoms with Crippen molar-refractivity contribution in [2.75, 3.05) is 0 Å². The Balaban J connectivity index is 3.58. The van der Waals surface area contributed by atoms with Gasteiger partial charge in [0.1, 0.15) is 0 Å². The Labute approximate surface area is 98.6 Å². The first-order chi connectivity index (χ1) is 7.82. The van der Waals surface area contributed by atoms with Crippen molar-refractivity contribution in [3.8, 4) is 0 Å². The lowest BCUT2D eigenvalue weighted by atomic mass is 9.92. The van der Waals surface area contributed by atoms with E-state index in [-0.39, 0.29) is 0 Å². The smallest absolute Gasteiger partial charge is 0.165 e. The molecule has 0 nitrogen and oxygen atoms in total. The molecule has 1 atom stereocenters. The summed E-state index contributed by atoms with van der Waals surface area (Å²) in [5.41, 5.74) is -1.01. The van der Waals surface area contributed by atoms with E-state index in [0.29, 0.717) is 6.42 Å². The maximum absolute atomic E-state index is 13.7. The molecule has 0 fully saturated rings. The standard InChI is InChI=1S/C13H16F4/c1-5-7(4)9-12(16)10(14)8(6(2)3)11(15)13(9)17/h6-7H,5H2,1-4H3. The molecule has 0 aliphatic rings. The second-order valence-corrected chi connectivity index (χ2v) is 4.55. The van der Waals surface area contributed by atoms with Crippen LogP contribution >= 0.6 is 0 Å². The molecule has 1 aromatic rings. The van der Waals surface area contributed by atoms with E-state index >= 15 is 0 Å². The normalized spacial score (nSPS) is 13.2. The molecule has 0 saturated heterocycles. The molecular weight excluding hydrogens is 232 g/mol. The van der Waals surface area contributed by atoms with Crippen molar-refractivity contribution in [2.24, 2.45) is 0 Å². The molecule has 1 unspecified atom stereocenters. The van der Waals surface area contributed by atoms with Crippen molar-refractivity contribution < 1.29 is 17.6 Å². The number of halogens is 4. The largest absolute Gasteiger partial charge is 0.203 e. The SMILES string of the molecule is CCC(C)c1c(F)c(F)c(C(C)C)c(F)c1F. The van der Waals surface area contributed by atoms with E-state index < -0.39 is 46.2 Å². The van der Waals surface area contributed by atoms with Gasteiger partial charge in [0.15, 0.2) is 23.3 Å². The first kappa shape index (κ1) is 14.0. The number of benzene rings is 1. The highest BCUT2D eigenvalue weighted by molar-refractivity contribution is 5.33. The Morgan fingerprint density at radius 2 is 1.12 bits per heavy atom. The van der Waals surface area contributed by atoms with Crippen LogP contribution in [0.4, 0.5) is 17.6 Å². The lowest BCUT2D eigenvalue weighted by molar-refractivity contribution is 0.410. The predicted molar refractivity (Wildman–Crippen MR) is 59.1 cm³/mol. The van der Waals surface area contributed by atoms with Gasteiger partial charge in [-0.2, -0.15) is 0 Å². The highest BCUT2D eigenvalue weighted by Crippen LogP contribution is 2.33. The predicted octanol–water partition coefficient (Wildman–Crippen LogP) is 4.88. The third-order valence-electron chi connectivity index (χ3n) is 3.01. The first-order valence-corrected chi connectivity index (χ1v) is 5.68. The Kier molecular flexibility index (Phi) is 4.17. The Bertz CT molecular complexity index is 395. The molecule has 17 heavy (non-hydrogen) atoms. The van der Waals surface area contributed by atoms with Gasteiger partial charge >= 0.3 is 0 Å². The summed E-state index contributed by atoms with van der Waals surface area (Å²) < 4.78 is 54.8. The lowest BCUT2D eigenvalue weighted by Crippen LogP contribution is -2.11. The average Bonchev–Trinajstić information content (AvgIpc) is 2.26. The van der Waals surface area contributed by atoms with E-state index in [1.165, 1.54) is 20.8 Å². The summed E-state index contributed by atoms with van der Waals surface area (Å²) in [6.07, 6.45) is 0.410. The average molecular weight is 248 g/mol. The van der Waals surface area contributed by atoms with Gasteiger partial charge in [0.2, 0.25) is 0 Å². The first-order valence-electron chi connectivity index (χ1n) is 5.68. The molecular formula is C13H16F4. The minimum atomic E-state index is -1.27. The molecule has 0 spiro atoms. The maximum Gasteiger partial charge on any atom is 0.165 e. The third kappa shape index (κ3) is 2.31. The van der Waals surface area contributed by atoms with Crippen molar-refractivity contribution in [3.63, 3.8) is 0 Å². The minimum absolute atomic E-state index is 0.410. The van der Waals surface area contributed by atoms with Crippen LogP contribution in [0.15, 0.2) is 0 Å². The second-order valence-electron chi connectivity index (χ2n) is 4.55. The fraction of sp³-hybridized carbons (Fsp3) is 0.538. The third-order valence-corrected chi connectivity index (χ3v) is 3.01. The van der Waals surface area contributed by atoms with Gasteiger partial charge in [0.25, 0.3) is 0 Å². The molecule has 0 radical (unpaired) electrons. The van der Waals surface area contributed by atoms with Crippen LogP contribution in [0.1, 0.15) is 57.1 Å². The van der Waals surface area contributed by atoms with Crippen molar-refractivity contribution >= 4 is 0 Å². The van der Waals surface area contributed by atoms with Crippen molar-refractivity contribution in [1.82, 2.24) is 0 Å². The Morgan fingerprint density at radius 3 is 1.41 bits per heavy atom. The van der Waals surface area contributed by atoms with Gasteiger partial charge < -0.3 is 0 Å². The molecule has 0 N–H and O–H groups in total. The van der Waals surface area contributed by atoms with Gasteiger partial charge in [-0.3, -0.25) is 0 Å². The molecule has 96 valence electrons. The lowest BCUT2D eigenvalue weighted by Gasteiger charge is -2.17. The Morgan fingerprint density at radius 1 is 0.765 bits per heavy atom. The summed E-state index contributed by atoms with van der Waals surface area (Å²) in [5, 5.41) is 0. The van der Waals surface area contributed by atoms with Crippen molar-refractivity contribution in [3.05, 3.63) is 34.4 Å². The topological polar surface area (TPSA) is 0 Å². The molecule has 0 heterocycles. The second kappa shape index (κ2) is 5.07. The van der Waals surface area contributed by atoms with Gasteiger partial charge in [-0.15, -0.1) is 0 Å². The van der Waals surface area contributed by atoms with E-state index in [2.05, 4.69) is 0 Å². The summed E-state index contributed by atoms with van der Waals surface area (Å²) in [4.78, 5) is 0. The molecule has 1 aromatic carbocycles. The number of rotatable bonds is 3. The van der Waals surface area contributed by atoms with Gasteiger partial charge in [-0.25, -0.2) is 17.6 Å². The monoisotopic (exact) mass is 248 g/mol. The fourth-order valence-electron chi connectivity index (χ4n) is 1.81. The van der Waals surface area contributed by atoms with E-state index in [9.17, 15) is 17.6 Å². The van der Waals surface area contributed by atoms with E-state index in [0.717, 1.165) is 0 Å². The summed E-state index contributed by atoms with van der Waals surface area (Å²) in [6.45, 7) is 6.22. The molecule has 1 rings (SSSR count). The van der Waals surface area contributed by atoms with Crippen LogP contribution in [0.2, 0.25) is 0 Å². The van der Waals surface area contributed by atoms with Crippen LogP contribution in [0.3, 0.4) is 0 Å². The van der Waals surface area contributed by atoms with Gasteiger partial charge in [-0.1, -0.05) is 27.7 Å². The number of hydrogen-bond acceptors (Lipinski definition) is 0. The number of hydrogen-bond donors (Lipinski definition) is 0. The molecule has 0 aromatic heterocycles. The summed E-state index contributed by atoms with van der Waals surface area (Å²) in [6, 6.07) is 0. The zero-order valence-electron chi connectivity index (χ0n) is 10.4. The minimum Gasteiger partial charge on any atom is -0.203 e. The summed E-state index contributed by atoms with van der Waals surface area (Å²) in [7, 11) is 0. The van der Waals surface area contributed by atoms with Crippen molar-refractivity contribution in [1.29, 1.82) is 0 Å². The van der Waals surface area contributed by atoms with Gasteiger partial charge in [0.05, 0.1) is 0 Å². The molecule has 0 saturated carbocycles. The van der Waals surface area contributed by atoms with E-state index in [1.54, 1.807) is 6.92 Å². The zero-order chi connectivity index (χ0) is 13.3. The molecule has 4 heteroatoms. The van der Waals surface area contributed by atoms with Gasteiger partial charge in [0, 0.05) is 11.1 Å². The Hall–Kier alpha value is -1.06. The molecule has 0 bridgehead atoms. The van der Waals surface area contributed by atoms with Crippen LogP contribution < -0.4 is 0 Å². The fourth-order valence-corrected chi connectivity index (χ4v) is 1.81. The molecule has 0 amide bonds. The van der Waals surface area contributed by atoms with E-state index in [1.807, 2.05) is 0 Å². The highest BCUT2D eigenvalue weighted by atomic mass is 19.2. The maximum atomic E-state index is 13.7. The van der Waals surface area contributed by atoms with Crippen molar-refractivity contribution in [2.45, 2.75) is 46.0 Å². The van der Waals surface area contributed by atoms with Crippen LogP contribution in [0.5, 0.6) is 0 Å². The molecule has 0 aliphatic heterocycles. The van der Waals surface area contributed by atoms with Crippen LogP contribution in [0, 0.1) is 23.3 Å².